The van der Waals surface area contributed by atoms with Crippen molar-refractivity contribution in [2.45, 2.75) is 13.8 Å². The molecule has 0 unspecified atom stereocenters. The topological polar surface area (TPSA) is 351 Å². The molecule has 12 N–H and O–H groups in total. The number of hydrogen-bond donors (Lipinski definition) is 12. The third-order valence-corrected chi connectivity index (χ3v) is 17.4. The van der Waals surface area contributed by atoms with Gasteiger partial charge in [-0.05, 0) is 208 Å². The zero-order chi connectivity index (χ0) is 79.8. The van der Waals surface area contributed by atoms with Crippen molar-refractivity contribution >= 4 is 46.4 Å². The monoisotopic (exact) mass is 1520 g/mol. The number of rotatable bonds is 16. The summed E-state index contributed by atoms with van der Waals surface area (Å²) in [6.07, 6.45) is 6.21. The highest BCUT2D eigenvalue weighted by Gasteiger charge is 2.18. The first-order chi connectivity index (χ1) is 55.2. The van der Waals surface area contributed by atoms with Crippen molar-refractivity contribution in [3.8, 4) is 113 Å². The van der Waals surface area contributed by atoms with E-state index in [-0.39, 0.29) is 46.6 Å². The van der Waals surface area contributed by atoms with Gasteiger partial charge in [0, 0.05) is 109 Å². The summed E-state index contributed by atoms with van der Waals surface area (Å²) in [5, 5.41) is 79.1. The van der Waals surface area contributed by atoms with Gasteiger partial charge in [-0.3, -0.25) is 54.5 Å². The molecule has 4 amide bonds. The second-order valence-corrected chi connectivity index (χ2v) is 25.4. The minimum Gasteiger partial charge on any atom is -0.507 e. The van der Waals surface area contributed by atoms with E-state index in [1.807, 2.05) is 62.4 Å². The molecule has 9 aromatic carbocycles. The van der Waals surface area contributed by atoms with Gasteiger partial charge in [-0.1, -0.05) is 72.3 Å². The lowest BCUT2D eigenvalue weighted by Crippen LogP contribution is -2.13. The second kappa shape index (κ2) is 35.0. The Kier molecular flexibility index (Phi) is 23.4. The van der Waals surface area contributed by atoms with E-state index in [1.165, 1.54) is 79.0 Å². The number of benzene rings is 9. The maximum Gasteiger partial charge on any atom is 0.274 e. The van der Waals surface area contributed by atoms with Crippen LogP contribution in [0.1, 0.15) is 52.8 Å². The van der Waals surface area contributed by atoms with Crippen molar-refractivity contribution in [1.82, 2.24) is 55.7 Å². The molecular weight excluding hydrogens is 1460 g/mol. The number of carbonyl (C=O) groups excluding carboxylic acids is 4. The Hall–Kier alpha value is -15.9. The van der Waals surface area contributed by atoms with Gasteiger partial charge >= 0.3 is 0 Å². The lowest BCUT2D eigenvalue weighted by Gasteiger charge is -2.06. The third kappa shape index (κ3) is 19.3. The molecule has 114 heavy (non-hydrogen) atoms. The quantitative estimate of drug-likeness (QED) is 0.0400. The van der Waals surface area contributed by atoms with Crippen molar-refractivity contribution in [2.24, 2.45) is 0 Å². The molecule has 0 fully saturated rings. The number of anilines is 4. The fourth-order valence-electron chi connectivity index (χ4n) is 11.3. The molecular formula is C87H65F4N15O8. The fourth-order valence-corrected chi connectivity index (χ4v) is 11.3. The summed E-state index contributed by atoms with van der Waals surface area (Å²) in [5.41, 5.74) is 15.5. The highest BCUT2D eigenvalue weighted by molar-refractivity contribution is 6.06. The number of hydrogen-bond acceptors (Lipinski definition) is 15. The number of aromatic amines is 4. The minimum absolute atomic E-state index is 0.0317. The van der Waals surface area contributed by atoms with Crippen LogP contribution in [0.2, 0.25) is 0 Å². The van der Waals surface area contributed by atoms with E-state index in [9.17, 15) is 57.2 Å². The van der Waals surface area contributed by atoms with Gasteiger partial charge in [-0.25, -0.2) is 17.6 Å². The molecule has 0 saturated heterocycles. The predicted molar refractivity (Wildman–Crippen MR) is 425 cm³/mol. The summed E-state index contributed by atoms with van der Waals surface area (Å²) < 4.78 is 53.8. The van der Waals surface area contributed by atoms with Crippen LogP contribution in [0.25, 0.3) is 90.1 Å². The molecule has 0 saturated carbocycles. The van der Waals surface area contributed by atoms with Crippen LogP contribution < -0.4 is 21.3 Å². The van der Waals surface area contributed by atoms with Crippen LogP contribution in [0, 0.1) is 37.1 Å². The van der Waals surface area contributed by atoms with Gasteiger partial charge < -0.3 is 41.7 Å². The molecule has 0 aliphatic heterocycles. The van der Waals surface area contributed by atoms with E-state index < -0.39 is 23.3 Å². The van der Waals surface area contributed by atoms with Crippen molar-refractivity contribution < 1.29 is 57.2 Å². The average Bonchev–Trinajstić information content (AvgIpc) is 1.70. The number of nitrogens with one attached hydrogen (secondary N) is 8. The maximum atomic E-state index is 13.5. The van der Waals surface area contributed by atoms with Gasteiger partial charge in [0.05, 0.1) is 51.1 Å². The van der Waals surface area contributed by atoms with Crippen molar-refractivity contribution in [2.75, 3.05) is 21.3 Å². The average molecular weight is 1520 g/mol. The number of aromatic hydroxyl groups is 4. The molecule has 27 heteroatoms. The van der Waals surface area contributed by atoms with E-state index in [2.05, 4.69) is 77.0 Å². The first-order valence-corrected chi connectivity index (χ1v) is 34.8. The summed E-state index contributed by atoms with van der Waals surface area (Å²) in [5.74, 6) is -2.86. The molecule has 7 heterocycles. The van der Waals surface area contributed by atoms with Gasteiger partial charge in [0.1, 0.15) is 52.0 Å². The number of nitrogens with zero attached hydrogens (tertiary/aromatic N) is 7. The minimum atomic E-state index is -0.447. The Labute approximate surface area is 646 Å². The van der Waals surface area contributed by atoms with Crippen LogP contribution in [0.3, 0.4) is 0 Å². The van der Waals surface area contributed by atoms with Gasteiger partial charge in [0.15, 0.2) is 0 Å². The molecule has 564 valence electrons. The molecule has 0 radical (unpaired) electrons. The number of aryl methyl sites for hydroxylation is 2. The van der Waals surface area contributed by atoms with Crippen molar-refractivity contribution in [3.05, 3.63) is 343 Å². The number of amides is 4. The molecule has 23 nitrogen and oxygen atoms in total. The Morgan fingerprint density at radius 1 is 0.316 bits per heavy atom. The maximum absolute atomic E-state index is 13.5. The Morgan fingerprint density at radius 3 is 0.947 bits per heavy atom. The summed E-state index contributed by atoms with van der Waals surface area (Å²) in [6.45, 7) is 3.83. The van der Waals surface area contributed by atoms with Crippen LogP contribution in [-0.2, 0) is 0 Å². The van der Waals surface area contributed by atoms with Crippen LogP contribution >= 0.6 is 0 Å². The van der Waals surface area contributed by atoms with E-state index in [4.69, 9.17) is 0 Å². The first kappa shape index (κ1) is 76.3. The molecule has 0 aliphatic carbocycles. The second-order valence-electron chi connectivity index (χ2n) is 25.4. The molecule has 16 rings (SSSR count). The Morgan fingerprint density at radius 2 is 0.632 bits per heavy atom. The number of H-pyrrole nitrogens is 4. The van der Waals surface area contributed by atoms with Crippen LogP contribution in [-0.4, -0.2) is 99.8 Å². The molecule has 0 aliphatic rings. The first-order valence-electron chi connectivity index (χ1n) is 34.8. The van der Waals surface area contributed by atoms with Crippen LogP contribution in [0.5, 0.6) is 23.0 Å². The highest BCUT2D eigenvalue weighted by atomic mass is 19.1. The van der Waals surface area contributed by atoms with E-state index >= 15 is 0 Å². The normalized spacial score (nSPS) is 10.6. The van der Waals surface area contributed by atoms with E-state index in [0.29, 0.717) is 113 Å². The highest BCUT2D eigenvalue weighted by Crippen LogP contribution is 2.36. The molecule has 0 atom stereocenters. The molecule has 0 bridgehead atoms. The Bertz CT molecular complexity index is 5700. The van der Waals surface area contributed by atoms with Crippen molar-refractivity contribution in [3.63, 3.8) is 0 Å². The summed E-state index contributed by atoms with van der Waals surface area (Å²) in [7, 11) is 0. The summed E-state index contributed by atoms with van der Waals surface area (Å²) >= 11 is 0. The number of aromatic nitrogens is 11. The summed E-state index contributed by atoms with van der Waals surface area (Å²) in [6, 6.07) is 69.7. The van der Waals surface area contributed by atoms with E-state index in [1.54, 1.807) is 158 Å². The van der Waals surface area contributed by atoms with Gasteiger partial charge in [0.2, 0.25) is 0 Å². The summed E-state index contributed by atoms with van der Waals surface area (Å²) in [4.78, 5) is 60.9. The lowest BCUT2D eigenvalue weighted by atomic mass is 10.1. The van der Waals surface area contributed by atoms with Gasteiger partial charge in [-0.2, -0.15) is 20.4 Å². The molecule has 0 spiro atoms. The number of carbonyl (C=O) groups is 4. The number of halogens is 4. The van der Waals surface area contributed by atoms with Gasteiger partial charge in [0.25, 0.3) is 23.6 Å². The third-order valence-electron chi connectivity index (χ3n) is 17.4. The standard InChI is InChI=1S/C23H18FN3O2.C22H17FN4O2.2C21H15FN4O2/c1-14-2-4-16(5-3-14)23(29)25-18-9-6-15(7-10-18)20-13-21(27-26-20)19-12-17(24)8-11-22(19)28;1-13-2-3-15(12-24-13)22(29)25-17-7-4-14(5-8-17)19-11-20(27-26-19)18-10-16(23)6-9-21(18)28;22-15-3-6-20(27)17(11-15)19-12-18(25-26-19)13-1-4-16(5-2-13)24-21(28)14-7-9-23-10-8-14;22-14-6-9-20(27)16(11-14)19-12-18(25-26-19)13-4-7-15(8-5-13)24-21(28)17-3-1-2-10-23-17/h2-13,28H,1H3,(H,25,29)(H,26,27);2-12,28H,1H3,(H,25,29)(H,26,27);2*1-12,27H,(H,24,28)(H,25,26). The van der Waals surface area contributed by atoms with E-state index in [0.717, 1.165) is 33.5 Å². The lowest BCUT2D eigenvalue weighted by molar-refractivity contribution is 0.101. The SMILES string of the molecule is Cc1ccc(C(=O)Nc2ccc(-c3cc(-c4cc(F)ccc4O)[nH]n3)cc2)cc1.Cc1ccc(C(=O)Nc2ccc(-c3cc(-c4cc(F)ccc4O)[nH]n3)cc2)cn1.O=C(Nc1ccc(-c2cc(-c3cc(F)ccc3O)[nH]n2)cc1)c1ccccn1.O=C(Nc1ccc(-c2cc(-c3cc(F)ccc3O)[nH]n2)cc1)c1ccncc1. The van der Waals surface area contributed by atoms with Crippen LogP contribution in [0.15, 0.2) is 286 Å². The van der Waals surface area contributed by atoms with Gasteiger partial charge in [-0.15, -0.1) is 0 Å². The largest absolute Gasteiger partial charge is 0.507 e. The predicted octanol–water partition coefficient (Wildman–Crippen LogP) is 18.2. The van der Waals surface area contributed by atoms with Crippen molar-refractivity contribution in [1.29, 1.82) is 0 Å². The smallest absolute Gasteiger partial charge is 0.274 e. The number of phenols is 4. The Balaban J connectivity index is 0.000000133. The zero-order valence-electron chi connectivity index (χ0n) is 60.2. The molecule has 7 aromatic heterocycles. The van der Waals surface area contributed by atoms with Crippen LogP contribution in [0.4, 0.5) is 40.3 Å². The fraction of sp³-hybridized carbons (Fsp3) is 0.0230. The number of pyridine rings is 3. The number of phenolic OH excluding ortho intramolecular Hbond substituents is 4. The molecule has 16 aromatic rings. The zero-order valence-corrected chi connectivity index (χ0v) is 60.2.